The summed E-state index contributed by atoms with van der Waals surface area (Å²) in [6.07, 6.45) is 13.6. The van der Waals surface area contributed by atoms with E-state index in [-0.39, 0.29) is 47.3 Å². The Kier molecular flexibility index (Phi) is 6.09. The van der Waals surface area contributed by atoms with E-state index in [1.807, 2.05) is 6.08 Å². The minimum absolute atomic E-state index is 0.00354. The van der Waals surface area contributed by atoms with Crippen molar-refractivity contribution in [1.82, 2.24) is 5.06 Å². The van der Waals surface area contributed by atoms with E-state index in [9.17, 15) is 19.5 Å². The zero-order valence-corrected chi connectivity index (χ0v) is 22.4. The molecule has 3 unspecified atom stereocenters. The van der Waals surface area contributed by atoms with Crippen LogP contribution in [0.5, 0.6) is 0 Å². The predicted molar refractivity (Wildman–Crippen MR) is 136 cm³/mol. The third-order valence-electron chi connectivity index (χ3n) is 11.3. The molecule has 0 amide bonds. The Morgan fingerprint density at radius 1 is 1.19 bits per heavy atom. The zero-order valence-electron chi connectivity index (χ0n) is 22.4. The molecule has 7 nitrogen and oxygen atoms in total. The first-order chi connectivity index (χ1) is 17.6. The van der Waals surface area contributed by atoms with E-state index in [1.165, 1.54) is 26.2 Å². The number of hydroxylamine groups is 2. The number of aliphatic hydroxyl groups excluding tert-OH is 1. The van der Waals surface area contributed by atoms with Crippen molar-refractivity contribution in [3.8, 4) is 0 Å². The molecule has 1 heterocycles. The van der Waals surface area contributed by atoms with E-state index in [2.05, 4.69) is 18.9 Å². The van der Waals surface area contributed by atoms with E-state index in [0.29, 0.717) is 19.0 Å². The number of fused-ring (bicyclic) bond motifs is 7. The third kappa shape index (κ3) is 3.60. The van der Waals surface area contributed by atoms with Gasteiger partial charge in [-0.1, -0.05) is 44.8 Å². The van der Waals surface area contributed by atoms with E-state index < -0.39 is 23.1 Å². The van der Waals surface area contributed by atoms with Crippen LogP contribution in [0.15, 0.2) is 23.8 Å². The Balaban J connectivity index is 1.37. The summed E-state index contributed by atoms with van der Waals surface area (Å²) in [5.74, 6) is -0.148. The molecule has 8 atom stereocenters. The van der Waals surface area contributed by atoms with Gasteiger partial charge in [0.15, 0.2) is 18.0 Å². The summed E-state index contributed by atoms with van der Waals surface area (Å²) in [5.41, 5.74) is -0.877. The van der Waals surface area contributed by atoms with Crippen molar-refractivity contribution >= 4 is 17.5 Å². The fraction of sp³-hybridized carbons (Fsp3) is 0.767. The lowest BCUT2D eigenvalue weighted by molar-refractivity contribution is -0.265. The minimum atomic E-state index is -1.09. The van der Waals surface area contributed by atoms with Crippen molar-refractivity contribution in [2.45, 2.75) is 96.3 Å². The summed E-state index contributed by atoms with van der Waals surface area (Å²) in [5, 5.41) is 13.9. The van der Waals surface area contributed by atoms with Crippen LogP contribution in [0.4, 0.5) is 0 Å². The summed E-state index contributed by atoms with van der Waals surface area (Å²) >= 11 is 0. The molecule has 0 bridgehead atoms. The van der Waals surface area contributed by atoms with Crippen LogP contribution < -0.4 is 0 Å². The smallest absolute Gasteiger partial charge is 0.303 e. The Morgan fingerprint density at radius 2 is 1.95 bits per heavy atom. The summed E-state index contributed by atoms with van der Waals surface area (Å²) in [4.78, 5) is 44.7. The van der Waals surface area contributed by atoms with Crippen molar-refractivity contribution in [2.75, 3.05) is 13.2 Å². The van der Waals surface area contributed by atoms with E-state index in [1.54, 1.807) is 12.2 Å². The molecule has 6 rings (SSSR count). The topological polar surface area (TPSA) is 93.1 Å². The van der Waals surface area contributed by atoms with Crippen LogP contribution in [0.1, 0.15) is 78.6 Å². The monoisotopic (exact) mass is 511 g/mol. The molecule has 0 aromatic rings. The number of nitrogens with zero attached hydrogens (tertiary/aromatic N) is 1. The molecule has 0 spiro atoms. The molecule has 7 heteroatoms. The molecule has 202 valence electrons. The van der Waals surface area contributed by atoms with Crippen LogP contribution in [0, 0.1) is 34.5 Å². The van der Waals surface area contributed by atoms with Crippen molar-refractivity contribution in [2.24, 2.45) is 34.5 Å². The van der Waals surface area contributed by atoms with Crippen LogP contribution in [-0.4, -0.2) is 58.6 Å². The van der Waals surface area contributed by atoms with Gasteiger partial charge < -0.3 is 9.84 Å². The lowest BCUT2D eigenvalue weighted by Crippen LogP contribution is -2.63. The highest BCUT2D eigenvalue weighted by Gasteiger charge is 2.75. The first kappa shape index (κ1) is 25.4. The molecule has 5 aliphatic carbocycles. The molecular weight excluding hydrogens is 470 g/mol. The number of esters is 1. The molecule has 5 fully saturated rings. The summed E-state index contributed by atoms with van der Waals surface area (Å²) in [7, 11) is 0. The number of ether oxygens (including phenoxy) is 1. The van der Waals surface area contributed by atoms with Gasteiger partial charge in [0.1, 0.15) is 0 Å². The first-order valence-electron chi connectivity index (χ1n) is 14.3. The Morgan fingerprint density at radius 3 is 2.68 bits per heavy atom. The van der Waals surface area contributed by atoms with Crippen molar-refractivity contribution in [3.63, 3.8) is 0 Å². The van der Waals surface area contributed by atoms with E-state index >= 15 is 0 Å². The number of Topliss-reactive ketones (excluding diaryl/α,β-unsaturated/α-hetero) is 1. The van der Waals surface area contributed by atoms with Crippen LogP contribution in [0.25, 0.3) is 0 Å². The number of ketones is 2. The normalized spacial score (nSPS) is 45.5. The molecule has 6 aliphatic rings. The van der Waals surface area contributed by atoms with E-state index in [0.717, 1.165) is 37.7 Å². The van der Waals surface area contributed by atoms with Gasteiger partial charge in [-0.3, -0.25) is 19.2 Å². The quantitative estimate of drug-likeness (QED) is 0.572. The molecule has 4 saturated carbocycles. The highest BCUT2D eigenvalue weighted by atomic mass is 16.7. The zero-order chi connectivity index (χ0) is 26.2. The maximum absolute atomic E-state index is 14.1. The van der Waals surface area contributed by atoms with Crippen molar-refractivity contribution < 1.29 is 29.1 Å². The number of hydrogen-bond donors (Lipinski definition) is 1. The van der Waals surface area contributed by atoms with Crippen LogP contribution >= 0.6 is 0 Å². The van der Waals surface area contributed by atoms with E-state index in [4.69, 9.17) is 9.57 Å². The van der Waals surface area contributed by atoms with Gasteiger partial charge in [-0.25, -0.2) is 0 Å². The second-order valence-electron chi connectivity index (χ2n) is 13.1. The number of carbonyl (C=O) groups excluding carboxylic acids is 3. The number of aliphatic hydroxyl groups is 1. The number of allylic oxidation sites excluding steroid dienone is 4. The number of rotatable bonds is 4. The second kappa shape index (κ2) is 8.85. The van der Waals surface area contributed by atoms with Crippen LogP contribution in [-0.2, 0) is 24.0 Å². The van der Waals surface area contributed by atoms with Gasteiger partial charge in [0.05, 0.1) is 6.10 Å². The maximum Gasteiger partial charge on any atom is 0.303 e. The SMILES string of the molecule is CC(=O)OCC(=O)[C@@]12ON(C3CCCCC3)C[C@@H]1CC1C3CCC4=CC(=O)C=C[C@]4(C)C3[C@@H](O)C[C@@]12C. The fourth-order valence-electron chi connectivity index (χ4n) is 9.76. The molecule has 0 radical (unpaired) electrons. The second-order valence-corrected chi connectivity index (χ2v) is 13.1. The average molecular weight is 512 g/mol. The molecule has 0 aromatic carbocycles. The summed E-state index contributed by atoms with van der Waals surface area (Å²) in [6, 6.07) is 0.312. The van der Waals surface area contributed by atoms with Crippen LogP contribution in [0.2, 0.25) is 0 Å². The highest BCUT2D eigenvalue weighted by Crippen LogP contribution is 2.70. The van der Waals surface area contributed by atoms with Gasteiger partial charge in [-0.2, -0.15) is 5.06 Å². The van der Waals surface area contributed by atoms with Gasteiger partial charge in [0.2, 0.25) is 5.78 Å². The highest BCUT2D eigenvalue weighted by molar-refractivity contribution is 6.01. The molecule has 1 aliphatic heterocycles. The molecule has 1 N–H and O–H groups in total. The summed E-state index contributed by atoms with van der Waals surface area (Å²) in [6.45, 7) is 6.08. The minimum Gasteiger partial charge on any atom is -0.458 e. The van der Waals surface area contributed by atoms with Gasteiger partial charge in [0.25, 0.3) is 0 Å². The Labute approximate surface area is 219 Å². The Bertz CT molecular complexity index is 1060. The van der Waals surface area contributed by atoms with Gasteiger partial charge in [0, 0.05) is 42.2 Å². The third-order valence-corrected chi connectivity index (χ3v) is 11.3. The lowest BCUT2D eigenvalue weighted by atomic mass is 9.46. The van der Waals surface area contributed by atoms with Crippen molar-refractivity contribution in [1.29, 1.82) is 0 Å². The molecular formula is C30H41NO6. The fourth-order valence-corrected chi connectivity index (χ4v) is 9.76. The Hall–Kier alpha value is -1.83. The largest absolute Gasteiger partial charge is 0.458 e. The molecule has 1 saturated heterocycles. The molecule has 0 aromatic heterocycles. The maximum atomic E-state index is 14.1. The van der Waals surface area contributed by atoms with Gasteiger partial charge >= 0.3 is 5.97 Å². The average Bonchev–Trinajstić information content (AvgIpc) is 3.36. The van der Waals surface area contributed by atoms with Gasteiger partial charge in [-0.15, -0.1) is 0 Å². The van der Waals surface area contributed by atoms with Crippen LogP contribution in [0.3, 0.4) is 0 Å². The number of carbonyl (C=O) groups is 3. The lowest BCUT2D eigenvalue weighted by Gasteiger charge is -2.60. The summed E-state index contributed by atoms with van der Waals surface area (Å²) < 4.78 is 5.26. The van der Waals surface area contributed by atoms with Gasteiger partial charge in [-0.05, 0) is 62.5 Å². The predicted octanol–water partition coefficient (Wildman–Crippen LogP) is 3.94. The number of hydrogen-bond acceptors (Lipinski definition) is 7. The van der Waals surface area contributed by atoms with Crippen molar-refractivity contribution in [3.05, 3.63) is 23.8 Å². The standard InChI is InChI=1S/C30H41NO6/c1-18(32)36-17-26(35)30-20(16-31(37-30)21-7-5-4-6-8-21)14-24-23-10-9-19-13-22(33)11-12-28(19,2)27(23)25(34)15-29(24,30)3/h11-13,20-21,23-25,27,34H,4-10,14-17H2,1-3H3/t20-,23?,24?,25-,27?,28-,29-,30-/m0/s1. The first-order valence-corrected chi connectivity index (χ1v) is 14.3. The molecule has 37 heavy (non-hydrogen) atoms.